The van der Waals surface area contributed by atoms with Crippen molar-refractivity contribution in [1.82, 2.24) is 19.4 Å². The molecule has 0 bridgehead atoms. The zero-order valence-corrected chi connectivity index (χ0v) is 17.5. The molecule has 1 amide bonds. The van der Waals surface area contributed by atoms with Gasteiger partial charge in [0.25, 0.3) is 0 Å². The fraction of sp³-hybridized carbons (Fsp3) is 0.579. The topological polar surface area (TPSA) is 84.3 Å². The van der Waals surface area contributed by atoms with Crippen LogP contribution in [0.15, 0.2) is 28.6 Å². The van der Waals surface area contributed by atoms with Crippen LogP contribution in [-0.2, 0) is 14.8 Å². The molecule has 2 aromatic rings. The summed E-state index contributed by atoms with van der Waals surface area (Å²) >= 11 is 1.50. The molecule has 1 aliphatic heterocycles. The maximum atomic E-state index is 13.0. The summed E-state index contributed by atoms with van der Waals surface area (Å²) in [5.74, 6) is 0.167. The number of nitrogens with zero attached hydrogens (tertiary/aromatic N) is 3. The van der Waals surface area contributed by atoms with E-state index in [0.29, 0.717) is 31.6 Å². The number of rotatable bonds is 8. The van der Waals surface area contributed by atoms with Gasteiger partial charge in [-0.15, -0.1) is 11.3 Å². The van der Waals surface area contributed by atoms with E-state index in [1.165, 1.54) is 11.3 Å². The van der Waals surface area contributed by atoms with Gasteiger partial charge in [-0.05, 0) is 37.1 Å². The minimum atomic E-state index is -3.67. The molecule has 4 rings (SSSR count). The molecule has 2 fully saturated rings. The van der Waals surface area contributed by atoms with Crippen LogP contribution < -0.4 is 4.72 Å². The highest BCUT2D eigenvalue weighted by Crippen LogP contribution is 2.34. The van der Waals surface area contributed by atoms with Gasteiger partial charge < -0.3 is 4.90 Å². The first-order valence-corrected chi connectivity index (χ1v) is 12.3. The lowest BCUT2D eigenvalue weighted by Gasteiger charge is -2.15. The Morgan fingerprint density at radius 3 is 2.75 bits per heavy atom. The lowest BCUT2D eigenvalue weighted by molar-refractivity contribution is -0.127. The quantitative estimate of drug-likeness (QED) is 0.663. The molecule has 2 aromatic heterocycles. The summed E-state index contributed by atoms with van der Waals surface area (Å²) in [6.45, 7) is 1.69. The first-order valence-electron chi connectivity index (χ1n) is 9.95. The summed E-state index contributed by atoms with van der Waals surface area (Å²) in [4.78, 5) is 14.6. The largest absolute Gasteiger partial charge is 0.343 e. The van der Waals surface area contributed by atoms with Crippen molar-refractivity contribution in [3.8, 4) is 10.6 Å². The summed E-state index contributed by atoms with van der Waals surface area (Å²) in [5, 5.41) is 6.59. The van der Waals surface area contributed by atoms with Crippen LogP contribution >= 0.6 is 11.3 Å². The average Bonchev–Trinajstić information content (AvgIpc) is 3.46. The number of hydrogen-bond acceptors (Lipinski definition) is 5. The third-order valence-electron chi connectivity index (χ3n) is 5.51. The molecule has 1 N–H and O–H groups in total. The SMILES string of the molecule is O=C1CCCN1CCCNS(=O)(=O)c1cn(C2CCCC2)nc1-c1cccs1. The van der Waals surface area contributed by atoms with Crippen molar-refractivity contribution in [2.24, 2.45) is 0 Å². The number of thiophene rings is 1. The van der Waals surface area contributed by atoms with E-state index in [1.807, 2.05) is 27.1 Å². The second-order valence-corrected chi connectivity index (χ2v) is 10.2. The second kappa shape index (κ2) is 8.34. The molecule has 7 nitrogen and oxygen atoms in total. The molecule has 1 aliphatic carbocycles. The molecule has 152 valence electrons. The van der Waals surface area contributed by atoms with Gasteiger partial charge in [-0.25, -0.2) is 13.1 Å². The van der Waals surface area contributed by atoms with Gasteiger partial charge in [0, 0.05) is 32.3 Å². The number of likely N-dealkylation sites (tertiary alicyclic amines) is 1. The lowest BCUT2D eigenvalue weighted by atomic mass is 10.3. The molecular weight excluding hydrogens is 396 g/mol. The van der Waals surface area contributed by atoms with Crippen LogP contribution in [0.4, 0.5) is 0 Å². The number of sulfonamides is 1. The van der Waals surface area contributed by atoms with E-state index in [4.69, 9.17) is 0 Å². The first-order chi connectivity index (χ1) is 13.5. The average molecular weight is 423 g/mol. The van der Waals surface area contributed by atoms with E-state index in [-0.39, 0.29) is 16.8 Å². The van der Waals surface area contributed by atoms with Crippen LogP contribution in [0.5, 0.6) is 0 Å². The Balaban J connectivity index is 1.48. The van der Waals surface area contributed by atoms with Gasteiger partial charge in [0.2, 0.25) is 15.9 Å². The Labute approximate surface area is 169 Å². The van der Waals surface area contributed by atoms with Gasteiger partial charge in [-0.1, -0.05) is 18.9 Å². The number of aromatic nitrogens is 2. The van der Waals surface area contributed by atoms with Gasteiger partial charge in [0.1, 0.15) is 10.6 Å². The number of carbonyl (C=O) groups is 1. The normalized spacial score (nSPS) is 18.4. The standard InChI is InChI=1S/C19H26N4O3S2/c24-18-9-3-11-22(18)12-5-10-20-28(25,26)17-14-23(15-6-1-2-7-15)21-19(17)16-8-4-13-27-16/h4,8,13-15,20H,1-3,5-7,9-12H2. The Kier molecular flexibility index (Phi) is 5.84. The molecule has 28 heavy (non-hydrogen) atoms. The maximum Gasteiger partial charge on any atom is 0.244 e. The van der Waals surface area contributed by atoms with Crippen molar-refractivity contribution >= 4 is 27.3 Å². The van der Waals surface area contributed by atoms with Crippen molar-refractivity contribution in [3.63, 3.8) is 0 Å². The zero-order chi connectivity index (χ0) is 19.6. The van der Waals surface area contributed by atoms with Crippen molar-refractivity contribution < 1.29 is 13.2 Å². The van der Waals surface area contributed by atoms with E-state index in [1.54, 1.807) is 6.20 Å². The molecule has 1 saturated carbocycles. The predicted octanol–water partition coefficient (Wildman–Crippen LogP) is 3.02. The Morgan fingerprint density at radius 2 is 2.07 bits per heavy atom. The summed E-state index contributed by atoms with van der Waals surface area (Å²) in [6, 6.07) is 4.10. The number of nitrogens with one attached hydrogen (secondary N) is 1. The van der Waals surface area contributed by atoms with Crippen molar-refractivity contribution in [2.75, 3.05) is 19.6 Å². The molecule has 1 saturated heterocycles. The minimum absolute atomic E-state index is 0.167. The lowest BCUT2D eigenvalue weighted by Crippen LogP contribution is -2.30. The second-order valence-electron chi connectivity index (χ2n) is 7.47. The van der Waals surface area contributed by atoms with Crippen LogP contribution in [0.1, 0.15) is 51.0 Å². The molecule has 2 aliphatic rings. The van der Waals surface area contributed by atoms with Gasteiger partial charge >= 0.3 is 0 Å². The van der Waals surface area contributed by atoms with Gasteiger partial charge in [-0.2, -0.15) is 5.10 Å². The highest BCUT2D eigenvalue weighted by molar-refractivity contribution is 7.89. The summed E-state index contributed by atoms with van der Waals surface area (Å²) in [6.07, 6.45) is 8.21. The summed E-state index contributed by atoms with van der Waals surface area (Å²) < 4.78 is 30.5. The van der Waals surface area contributed by atoms with Crippen molar-refractivity contribution in [3.05, 3.63) is 23.7 Å². The molecule has 9 heteroatoms. The van der Waals surface area contributed by atoms with E-state index < -0.39 is 10.0 Å². The number of amides is 1. The van der Waals surface area contributed by atoms with Crippen LogP contribution in [0.3, 0.4) is 0 Å². The first kappa shape index (κ1) is 19.6. The summed E-state index contributed by atoms with van der Waals surface area (Å²) in [5.41, 5.74) is 0.532. The van der Waals surface area contributed by atoms with Gasteiger partial charge in [-0.3, -0.25) is 9.48 Å². The summed E-state index contributed by atoms with van der Waals surface area (Å²) in [7, 11) is -3.67. The molecule has 3 heterocycles. The number of carbonyl (C=O) groups excluding carboxylic acids is 1. The fourth-order valence-corrected chi connectivity index (χ4v) is 6.01. The van der Waals surface area contributed by atoms with Crippen LogP contribution in [0.2, 0.25) is 0 Å². The zero-order valence-electron chi connectivity index (χ0n) is 15.8. The predicted molar refractivity (Wildman–Crippen MR) is 109 cm³/mol. The minimum Gasteiger partial charge on any atom is -0.343 e. The van der Waals surface area contributed by atoms with Gasteiger partial charge in [0.05, 0.1) is 10.9 Å². The molecule has 0 radical (unpaired) electrons. The Bertz CT molecular complexity index is 915. The Morgan fingerprint density at radius 1 is 1.25 bits per heavy atom. The third kappa shape index (κ3) is 4.16. The highest BCUT2D eigenvalue weighted by Gasteiger charge is 2.27. The Hall–Kier alpha value is -1.71. The fourth-order valence-electron chi connectivity index (χ4n) is 4.01. The van der Waals surface area contributed by atoms with E-state index in [9.17, 15) is 13.2 Å². The van der Waals surface area contributed by atoms with Crippen LogP contribution in [0, 0.1) is 0 Å². The van der Waals surface area contributed by atoms with Crippen LogP contribution in [0.25, 0.3) is 10.6 Å². The highest BCUT2D eigenvalue weighted by atomic mass is 32.2. The monoisotopic (exact) mass is 422 g/mol. The molecule has 0 spiro atoms. The van der Waals surface area contributed by atoms with E-state index in [0.717, 1.165) is 43.5 Å². The smallest absolute Gasteiger partial charge is 0.244 e. The van der Waals surface area contributed by atoms with Crippen molar-refractivity contribution in [2.45, 2.75) is 55.9 Å². The van der Waals surface area contributed by atoms with Gasteiger partial charge in [0.15, 0.2) is 0 Å². The molecular formula is C19H26N4O3S2. The maximum absolute atomic E-state index is 13.0. The van der Waals surface area contributed by atoms with E-state index in [2.05, 4.69) is 9.82 Å². The van der Waals surface area contributed by atoms with Crippen molar-refractivity contribution in [1.29, 1.82) is 0 Å². The molecule has 0 aromatic carbocycles. The van der Waals surface area contributed by atoms with E-state index >= 15 is 0 Å². The molecule has 0 atom stereocenters. The third-order valence-corrected chi connectivity index (χ3v) is 7.85. The van der Waals surface area contributed by atoms with Crippen LogP contribution in [-0.4, -0.2) is 48.6 Å². The molecule has 0 unspecified atom stereocenters. The number of hydrogen-bond donors (Lipinski definition) is 1.